The number of aromatic nitrogens is 2. The number of thiazole rings is 1. The number of likely N-dealkylation sites (tertiary alicyclic amines) is 1. The number of carbonyl (C=O) groups excluding carboxylic acids is 2. The van der Waals surface area contributed by atoms with Crippen LogP contribution in [0, 0.1) is 25.7 Å². The Balaban J connectivity index is 1.54. The monoisotopic (exact) mass is 448 g/mol. The van der Waals surface area contributed by atoms with Crippen LogP contribution in [-0.2, 0) is 0 Å². The second kappa shape index (κ2) is 9.20. The van der Waals surface area contributed by atoms with E-state index in [4.69, 9.17) is 0 Å². The number of nitrogens with one attached hydrogen (secondary N) is 1. The number of piperidine rings is 1. The number of carbonyl (C=O) groups is 2. The fourth-order valence-electron chi connectivity index (χ4n) is 4.29. The molecule has 2 unspecified atom stereocenters. The van der Waals surface area contributed by atoms with E-state index in [1.54, 1.807) is 12.3 Å². The summed E-state index contributed by atoms with van der Waals surface area (Å²) in [5.41, 5.74) is 3.55. The highest BCUT2D eigenvalue weighted by molar-refractivity contribution is 7.17. The molecular weight excluding hydrogens is 420 g/mol. The Labute approximate surface area is 192 Å². The SMILES string of the molecule is Cc1ccc(C(=O)N2CC(C)CC(C)C2)cc1NC(=O)c1sc(-c2ccccn2)nc1C. The number of pyridine rings is 1. The van der Waals surface area contributed by atoms with E-state index in [0.29, 0.717) is 38.7 Å². The number of anilines is 1. The number of nitrogens with zero attached hydrogens (tertiary/aromatic N) is 3. The van der Waals surface area contributed by atoms with Gasteiger partial charge in [-0.3, -0.25) is 14.6 Å². The van der Waals surface area contributed by atoms with Crippen molar-refractivity contribution in [2.24, 2.45) is 11.8 Å². The van der Waals surface area contributed by atoms with Crippen LogP contribution < -0.4 is 5.32 Å². The fourth-order valence-corrected chi connectivity index (χ4v) is 5.22. The maximum absolute atomic E-state index is 13.1. The van der Waals surface area contributed by atoms with Crippen LogP contribution in [0.4, 0.5) is 5.69 Å². The average Bonchev–Trinajstić information content (AvgIpc) is 3.16. The van der Waals surface area contributed by atoms with E-state index < -0.39 is 0 Å². The molecule has 1 aliphatic rings. The minimum absolute atomic E-state index is 0.0188. The highest BCUT2D eigenvalue weighted by Gasteiger charge is 2.26. The Morgan fingerprint density at radius 3 is 2.53 bits per heavy atom. The molecule has 1 aromatic carbocycles. The summed E-state index contributed by atoms with van der Waals surface area (Å²) < 4.78 is 0. The van der Waals surface area contributed by atoms with Gasteiger partial charge in [0.15, 0.2) is 0 Å². The summed E-state index contributed by atoms with van der Waals surface area (Å²) in [5.74, 6) is 0.783. The van der Waals surface area contributed by atoms with Gasteiger partial charge >= 0.3 is 0 Å². The Kier molecular flexibility index (Phi) is 6.37. The predicted octanol–water partition coefficient (Wildman–Crippen LogP) is 5.19. The molecule has 2 atom stereocenters. The van der Waals surface area contributed by atoms with Crippen LogP contribution in [0.15, 0.2) is 42.6 Å². The summed E-state index contributed by atoms with van der Waals surface area (Å²) in [4.78, 5) is 37.5. The topological polar surface area (TPSA) is 75.2 Å². The van der Waals surface area contributed by atoms with Crippen molar-refractivity contribution in [3.05, 3.63) is 64.3 Å². The van der Waals surface area contributed by atoms with Crippen LogP contribution in [0.25, 0.3) is 10.7 Å². The molecule has 0 radical (unpaired) electrons. The number of benzene rings is 1. The molecule has 6 nitrogen and oxygen atoms in total. The van der Waals surface area contributed by atoms with Gasteiger partial charge in [0.1, 0.15) is 9.88 Å². The quantitative estimate of drug-likeness (QED) is 0.596. The molecule has 2 aromatic heterocycles. The lowest BCUT2D eigenvalue weighted by atomic mass is 9.91. The molecule has 1 fully saturated rings. The van der Waals surface area contributed by atoms with Gasteiger partial charge in [0.2, 0.25) is 0 Å². The maximum Gasteiger partial charge on any atom is 0.267 e. The number of hydrogen-bond donors (Lipinski definition) is 1. The lowest BCUT2D eigenvalue weighted by Crippen LogP contribution is -2.42. The number of hydrogen-bond acceptors (Lipinski definition) is 5. The molecule has 0 aliphatic carbocycles. The normalized spacial score (nSPS) is 18.4. The molecule has 1 saturated heterocycles. The van der Waals surface area contributed by atoms with Crippen molar-refractivity contribution in [1.29, 1.82) is 0 Å². The third-order valence-corrected chi connectivity index (χ3v) is 6.95. The molecule has 0 bridgehead atoms. The Bertz CT molecular complexity index is 1130. The molecule has 0 spiro atoms. The average molecular weight is 449 g/mol. The molecule has 1 N–H and O–H groups in total. The summed E-state index contributed by atoms with van der Waals surface area (Å²) >= 11 is 1.32. The van der Waals surface area contributed by atoms with Gasteiger partial charge in [-0.2, -0.15) is 0 Å². The smallest absolute Gasteiger partial charge is 0.267 e. The van der Waals surface area contributed by atoms with Gasteiger partial charge in [0, 0.05) is 30.5 Å². The van der Waals surface area contributed by atoms with Gasteiger partial charge in [-0.05, 0) is 61.9 Å². The lowest BCUT2D eigenvalue weighted by Gasteiger charge is -2.35. The molecule has 7 heteroatoms. The second-order valence-electron chi connectivity index (χ2n) is 8.79. The largest absolute Gasteiger partial charge is 0.338 e. The summed E-state index contributed by atoms with van der Waals surface area (Å²) in [7, 11) is 0. The van der Waals surface area contributed by atoms with Crippen molar-refractivity contribution < 1.29 is 9.59 Å². The molecule has 0 saturated carbocycles. The Hall–Kier alpha value is -3.06. The van der Waals surface area contributed by atoms with E-state index >= 15 is 0 Å². The fraction of sp³-hybridized carbons (Fsp3) is 0.360. The molecule has 3 heterocycles. The lowest BCUT2D eigenvalue weighted by molar-refractivity contribution is 0.0623. The van der Waals surface area contributed by atoms with Gasteiger partial charge in [0.05, 0.1) is 11.4 Å². The first-order valence-corrected chi connectivity index (χ1v) is 11.7. The number of rotatable bonds is 4. The minimum atomic E-state index is -0.227. The predicted molar refractivity (Wildman–Crippen MR) is 128 cm³/mol. The van der Waals surface area contributed by atoms with Gasteiger partial charge in [-0.1, -0.05) is 26.0 Å². The molecule has 32 heavy (non-hydrogen) atoms. The van der Waals surface area contributed by atoms with Crippen molar-refractivity contribution >= 4 is 28.8 Å². The van der Waals surface area contributed by atoms with Crippen LogP contribution in [0.2, 0.25) is 0 Å². The van der Waals surface area contributed by atoms with Crippen LogP contribution >= 0.6 is 11.3 Å². The molecular formula is C25H28N4O2S. The molecule has 3 aromatic rings. The van der Waals surface area contributed by atoms with Crippen molar-refractivity contribution in [2.45, 2.75) is 34.1 Å². The zero-order valence-electron chi connectivity index (χ0n) is 18.9. The Morgan fingerprint density at radius 2 is 1.84 bits per heavy atom. The third-order valence-electron chi connectivity index (χ3n) is 5.78. The van der Waals surface area contributed by atoms with E-state index in [1.165, 1.54) is 11.3 Å². The van der Waals surface area contributed by atoms with Gasteiger partial charge in [-0.15, -0.1) is 11.3 Å². The second-order valence-corrected chi connectivity index (χ2v) is 9.79. The number of amides is 2. The van der Waals surface area contributed by atoms with E-state index in [2.05, 4.69) is 29.1 Å². The van der Waals surface area contributed by atoms with Crippen LogP contribution in [0.1, 0.15) is 51.6 Å². The molecule has 4 rings (SSSR count). The zero-order chi connectivity index (χ0) is 22.8. The van der Waals surface area contributed by atoms with Crippen molar-refractivity contribution in [2.75, 3.05) is 18.4 Å². The standard InChI is InChI=1S/C25H28N4O2S/c1-15-11-16(2)14-29(13-15)25(31)19-9-8-17(3)21(12-19)28-23(30)22-18(4)27-24(32-22)20-7-5-6-10-26-20/h5-10,12,15-16H,11,13-14H2,1-4H3,(H,28,30). The number of aryl methyl sites for hydroxylation is 2. The summed E-state index contributed by atoms with van der Waals surface area (Å²) in [5, 5.41) is 3.70. The van der Waals surface area contributed by atoms with Crippen LogP contribution in [-0.4, -0.2) is 39.8 Å². The van der Waals surface area contributed by atoms with E-state index in [0.717, 1.165) is 30.8 Å². The maximum atomic E-state index is 13.1. The van der Waals surface area contributed by atoms with E-state index in [-0.39, 0.29) is 11.8 Å². The van der Waals surface area contributed by atoms with E-state index in [1.807, 2.05) is 49.1 Å². The van der Waals surface area contributed by atoms with Crippen molar-refractivity contribution in [3.8, 4) is 10.7 Å². The summed E-state index contributed by atoms with van der Waals surface area (Å²) in [6.45, 7) is 9.67. The highest BCUT2D eigenvalue weighted by Crippen LogP contribution is 2.28. The first-order valence-electron chi connectivity index (χ1n) is 10.9. The van der Waals surface area contributed by atoms with Gasteiger partial charge in [0.25, 0.3) is 11.8 Å². The zero-order valence-corrected chi connectivity index (χ0v) is 19.7. The molecule has 166 valence electrons. The minimum Gasteiger partial charge on any atom is -0.338 e. The molecule has 2 amide bonds. The van der Waals surface area contributed by atoms with Gasteiger partial charge in [-0.25, -0.2) is 4.98 Å². The highest BCUT2D eigenvalue weighted by atomic mass is 32.1. The van der Waals surface area contributed by atoms with E-state index in [9.17, 15) is 9.59 Å². The first-order chi connectivity index (χ1) is 15.3. The Morgan fingerprint density at radius 1 is 1.09 bits per heavy atom. The van der Waals surface area contributed by atoms with Crippen LogP contribution in [0.5, 0.6) is 0 Å². The summed E-state index contributed by atoms with van der Waals surface area (Å²) in [6.07, 6.45) is 2.86. The molecule has 1 aliphatic heterocycles. The van der Waals surface area contributed by atoms with Crippen molar-refractivity contribution in [3.63, 3.8) is 0 Å². The van der Waals surface area contributed by atoms with Gasteiger partial charge < -0.3 is 10.2 Å². The summed E-state index contributed by atoms with van der Waals surface area (Å²) in [6, 6.07) is 11.1. The van der Waals surface area contributed by atoms with Crippen molar-refractivity contribution in [1.82, 2.24) is 14.9 Å². The first kappa shape index (κ1) is 22.1. The van der Waals surface area contributed by atoms with Crippen LogP contribution in [0.3, 0.4) is 0 Å². The third kappa shape index (κ3) is 4.72.